The lowest BCUT2D eigenvalue weighted by Crippen LogP contribution is -2.14. The fraction of sp³-hybridized carbons (Fsp3) is 0.158. The summed E-state index contributed by atoms with van der Waals surface area (Å²) >= 11 is 1.37. The molecular formula is C19H16F2N2OS. The first-order valence-electron chi connectivity index (χ1n) is 7.70. The van der Waals surface area contributed by atoms with Gasteiger partial charge >= 0.3 is 0 Å². The molecule has 3 rings (SSSR count). The van der Waals surface area contributed by atoms with Crippen molar-refractivity contribution in [2.75, 3.05) is 5.32 Å². The Balaban J connectivity index is 1.75. The zero-order chi connectivity index (χ0) is 18.0. The van der Waals surface area contributed by atoms with Crippen LogP contribution in [-0.4, -0.2) is 10.9 Å². The van der Waals surface area contributed by atoms with Crippen molar-refractivity contribution in [2.45, 2.75) is 20.3 Å². The third kappa shape index (κ3) is 4.09. The second-order valence-corrected chi connectivity index (χ2v) is 7.02. The molecule has 2 aromatic carbocycles. The van der Waals surface area contributed by atoms with Crippen molar-refractivity contribution in [1.82, 2.24) is 4.98 Å². The van der Waals surface area contributed by atoms with E-state index in [1.54, 1.807) is 0 Å². The van der Waals surface area contributed by atoms with Crippen LogP contribution in [-0.2, 0) is 11.2 Å². The number of carbonyl (C=O) groups is 1. The minimum Gasteiger partial charge on any atom is -0.326 e. The van der Waals surface area contributed by atoms with Gasteiger partial charge in [0, 0.05) is 16.1 Å². The van der Waals surface area contributed by atoms with Crippen LogP contribution in [0.1, 0.15) is 15.4 Å². The van der Waals surface area contributed by atoms with Crippen molar-refractivity contribution in [1.29, 1.82) is 0 Å². The predicted molar refractivity (Wildman–Crippen MR) is 95.7 cm³/mol. The summed E-state index contributed by atoms with van der Waals surface area (Å²) < 4.78 is 26.5. The van der Waals surface area contributed by atoms with E-state index < -0.39 is 11.6 Å². The molecule has 3 aromatic rings. The van der Waals surface area contributed by atoms with Crippen molar-refractivity contribution < 1.29 is 13.6 Å². The molecule has 0 bridgehead atoms. The van der Waals surface area contributed by atoms with Crippen LogP contribution in [0.15, 0.2) is 42.5 Å². The lowest BCUT2D eigenvalue weighted by molar-refractivity contribution is -0.115. The van der Waals surface area contributed by atoms with E-state index in [-0.39, 0.29) is 12.3 Å². The number of carbonyl (C=O) groups excluding carboxylic acids is 1. The summed E-state index contributed by atoms with van der Waals surface area (Å²) in [5, 5.41) is 3.46. The van der Waals surface area contributed by atoms with Gasteiger partial charge in [-0.25, -0.2) is 13.8 Å². The zero-order valence-electron chi connectivity index (χ0n) is 13.8. The molecule has 128 valence electrons. The van der Waals surface area contributed by atoms with E-state index in [0.717, 1.165) is 28.3 Å². The number of nitrogens with zero attached hydrogens (tertiary/aromatic N) is 1. The van der Waals surface area contributed by atoms with Gasteiger partial charge in [-0.1, -0.05) is 12.1 Å². The number of aryl methyl sites for hydroxylation is 2. The molecule has 1 aromatic heterocycles. The Hall–Kier alpha value is -2.60. The second-order valence-electron chi connectivity index (χ2n) is 5.74. The summed E-state index contributed by atoms with van der Waals surface area (Å²) in [4.78, 5) is 17.5. The maximum atomic E-state index is 13.4. The quantitative estimate of drug-likeness (QED) is 0.722. The average Bonchev–Trinajstić information content (AvgIpc) is 2.90. The molecule has 0 atom stereocenters. The monoisotopic (exact) mass is 358 g/mol. The fourth-order valence-corrected chi connectivity index (χ4v) is 3.46. The van der Waals surface area contributed by atoms with Gasteiger partial charge in [0.15, 0.2) is 11.6 Å². The van der Waals surface area contributed by atoms with Crippen LogP contribution in [0.25, 0.3) is 11.3 Å². The largest absolute Gasteiger partial charge is 0.326 e. The van der Waals surface area contributed by atoms with Gasteiger partial charge in [-0.3, -0.25) is 4.79 Å². The molecule has 0 aliphatic heterocycles. The van der Waals surface area contributed by atoms with Gasteiger partial charge in [-0.05, 0) is 49.7 Å². The lowest BCUT2D eigenvalue weighted by Gasteiger charge is -2.04. The number of nitrogens with one attached hydrogen (secondary N) is 1. The SMILES string of the molecule is Cc1cccc(NC(=O)Cc2nc(-c3ccc(F)c(F)c3)c(C)s2)c1. The molecule has 1 amide bonds. The molecule has 1 heterocycles. The van der Waals surface area contributed by atoms with E-state index in [2.05, 4.69) is 10.3 Å². The highest BCUT2D eigenvalue weighted by Gasteiger charge is 2.14. The normalized spacial score (nSPS) is 10.7. The minimum absolute atomic E-state index is 0.128. The molecule has 0 saturated carbocycles. The number of hydrogen-bond acceptors (Lipinski definition) is 3. The van der Waals surface area contributed by atoms with Crippen molar-refractivity contribution in [3.63, 3.8) is 0 Å². The molecule has 0 aliphatic carbocycles. The molecular weight excluding hydrogens is 342 g/mol. The number of rotatable bonds is 4. The molecule has 25 heavy (non-hydrogen) atoms. The molecule has 0 radical (unpaired) electrons. The smallest absolute Gasteiger partial charge is 0.231 e. The molecule has 0 fully saturated rings. The Morgan fingerprint density at radius 3 is 2.64 bits per heavy atom. The number of aromatic nitrogens is 1. The van der Waals surface area contributed by atoms with E-state index >= 15 is 0 Å². The Morgan fingerprint density at radius 1 is 1.12 bits per heavy atom. The van der Waals surface area contributed by atoms with Crippen LogP contribution in [0.4, 0.5) is 14.5 Å². The van der Waals surface area contributed by atoms with Crippen molar-refractivity contribution in [2.24, 2.45) is 0 Å². The van der Waals surface area contributed by atoms with E-state index in [0.29, 0.717) is 16.3 Å². The summed E-state index contributed by atoms with van der Waals surface area (Å²) in [7, 11) is 0. The van der Waals surface area contributed by atoms with Crippen molar-refractivity contribution in [3.05, 3.63) is 69.5 Å². The highest BCUT2D eigenvalue weighted by Crippen LogP contribution is 2.29. The molecule has 0 unspecified atom stereocenters. The average molecular weight is 358 g/mol. The third-order valence-electron chi connectivity index (χ3n) is 3.65. The summed E-state index contributed by atoms with van der Waals surface area (Å²) in [6.07, 6.45) is 0.128. The Bertz CT molecular complexity index is 937. The first kappa shape index (κ1) is 17.2. The highest BCUT2D eigenvalue weighted by atomic mass is 32.1. The molecule has 6 heteroatoms. The first-order chi connectivity index (χ1) is 11.9. The molecule has 0 aliphatic rings. The molecule has 1 N–H and O–H groups in total. The molecule has 3 nitrogen and oxygen atoms in total. The van der Waals surface area contributed by atoms with E-state index in [4.69, 9.17) is 0 Å². The van der Waals surface area contributed by atoms with E-state index in [1.807, 2.05) is 38.1 Å². The van der Waals surface area contributed by atoms with Gasteiger partial charge in [-0.2, -0.15) is 0 Å². The van der Waals surface area contributed by atoms with Gasteiger partial charge < -0.3 is 5.32 Å². The minimum atomic E-state index is -0.913. The number of benzene rings is 2. The summed E-state index contributed by atoms with van der Waals surface area (Å²) in [6.45, 7) is 3.80. The van der Waals surface area contributed by atoms with Crippen LogP contribution in [0.5, 0.6) is 0 Å². The summed E-state index contributed by atoms with van der Waals surface area (Å²) in [6, 6.07) is 11.2. The Kier molecular flexibility index (Phi) is 4.90. The van der Waals surface area contributed by atoms with Crippen LogP contribution < -0.4 is 5.32 Å². The third-order valence-corrected chi connectivity index (χ3v) is 4.62. The first-order valence-corrected chi connectivity index (χ1v) is 8.52. The Labute approximate surface area is 148 Å². The van der Waals surface area contributed by atoms with Crippen molar-refractivity contribution in [3.8, 4) is 11.3 Å². The summed E-state index contributed by atoms with van der Waals surface area (Å²) in [5.74, 6) is -1.98. The zero-order valence-corrected chi connectivity index (χ0v) is 14.6. The number of thiazole rings is 1. The van der Waals surface area contributed by atoms with Gasteiger partial charge in [0.05, 0.1) is 12.1 Å². The summed E-state index contributed by atoms with van der Waals surface area (Å²) in [5.41, 5.74) is 2.86. The number of amides is 1. The molecule has 0 spiro atoms. The van der Waals surface area contributed by atoms with Crippen molar-refractivity contribution >= 4 is 22.9 Å². The standard InChI is InChI=1S/C19H16F2N2OS/c1-11-4-3-5-14(8-11)22-17(24)10-18-23-19(12(2)25-18)13-6-7-15(20)16(21)9-13/h3-9H,10H2,1-2H3,(H,22,24). The van der Waals surface area contributed by atoms with Crippen LogP contribution in [0, 0.1) is 25.5 Å². The number of hydrogen-bond donors (Lipinski definition) is 1. The van der Waals surface area contributed by atoms with Crippen LogP contribution >= 0.6 is 11.3 Å². The lowest BCUT2D eigenvalue weighted by atomic mass is 10.1. The van der Waals surface area contributed by atoms with E-state index in [1.165, 1.54) is 17.4 Å². The van der Waals surface area contributed by atoms with Gasteiger partial charge in [0.2, 0.25) is 5.91 Å². The highest BCUT2D eigenvalue weighted by molar-refractivity contribution is 7.12. The number of halogens is 2. The predicted octanol–water partition coefficient (Wildman–Crippen LogP) is 4.89. The Morgan fingerprint density at radius 2 is 1.92 bits per heavy atom. The maximum absolute atomic E-state index is 13.4. The van der Waals surface area contributed by atoms with Crippen LogP contribution in [0.2, 0.25) is 0 Å². The van der Waals surface area contributed by atoms with Gasteiger partial charge in [0.25, 0.3) is 0 Å². The van der Waals surface area contributed by atoms with Crippen LogP contribution in [0.3, 0.4) is 0 Å². The fourth-order valence-electron chi connectivity index (χ4n) is 2.50. The topological polar surface area (TPSA) is 42.0 Å². The van der Waals surface area contributed by atoms with Gasteiger partial charge in [0.1, 0.15) is 5.01 Å². The molecule has 0 saturated heterocycles. The van der Waals surface area contributed by atoms with E-state index in [9.17, 15) is 13.6 Å². The second kappa shape index (κ2) is 7.11. The van der Waals surface area contributed by atoms with Gasteiger partial charge in [-0.15, -0.1) is 11.3 Å². The maximum Gasteiger partial charge on any atom is 0.231 e. The number of anilines is 1.